The van der Waals surface area contributed by atoms with E-state index < -0.39 is 0 Å². The summed E-state index contributed by atoms with van der Waals surface area (Å²) in [5.41, 5.74) is 22.5. The number of anilines is 2. The van der Waals surface area contributed by atoms with Gasteiger partial charge in [-0.3, -0.25) is 0 Å². The standard InChI is InChI=1S/C30H20N6S3/c1-15-3-5-17(11-19(15)13-31)21-7-9-23(37-21)25-27(33)28(34)26(30-29(25)35-39-36-30)24-10-8-22(38-24)18-6-4-16(2)20(12-18)14-32/h3-12H,33-34H2,1-2H3. The van der Waals surface area contributed by atoms with Crippen LogP contribution in [0.15, 0.2) is 60.7 Å². The molecule has 0 bridgehead atoms. The fourth-order valence-corrected chi connectivity index (χ4v) is 7.27. The summed E-state index contributed by atoms with van der Waals surface area (Å²) in [6.45, 7) is 3.86. The molecule has 6 rings (SSSR count). The van der Waals surface area contributed by atoms with Crippen LogP contribution in [-0.2, 0) is 0 Å². The first-order valence-corrected chi connectivity index (χ1v) is 14.3. The van der Waals surface area contributed by atoms with Gasteiger partial charge in [-0.05, 0) is 72.5 Å². The molecule has 0 aliphatic carbocycles. The first kappa shape index (κ1) is 24.8. The minimum absolute atomic E-state index is 0.470. The molecule has 39 heavy (non-hydrogen) atoms. The summed E-state index contributed by atoms with van der Waals surface area (Å²) >= 11 is 4.30. The molecule has 6 nitrogen and oxygen atoms in total. The van der Waals surface area contributed by atoms with Gasteiger partial charge in [-0.15, -0.1) is 22.7 Å². The van der Waals surface area contributed by atoms with Crippen molar-refractivity contribution in [1.82, 2.24) is 8.75 Å². The molecule has 3 heterocycles. The van der Waals surface area contributed by atoms with Crippen LogP contribution >= 0.6 is 34.4 Å². The van der Waals surface area contributed by atoms with E-state index >= 15 is 0 Å². The van der Waals surface area contributed by atoms with Crippen LogP contribution in [0.5, 0.6) is 0 Å². The van der Waals surface area contributed by atoms with E-state index in [0.29, 0.717) is 33.5 Å². The topological polar surface area (TPSA) is 125 Å². The Bertz CT molecular complexity index is 1860. The van der Waals surface area contributed by atoms with Gasteiger partial charge in [-0.25, -0.2) is 0 Å². The Labute approximate surface area is 237 Å². The van der Waals surface area contributed by atoms with Crippen molar-refractivity contribution in [3.05, 3.63) is 82.9 Å². The number of hydrogen-bond donors (Lipinski definition) is 2. The highest BCUT2D eigenvalue weighted by atomic mass is 32.1. The molecular formula is C30H20N6S3. The molecular weight excluding hydrogens is 541 g/mol. The number of aromatic nitrogens is 2. The van der Waals surface area contributed by atoms with Crippen LogP contribution < -0.4 is 11.5 Å². The van der Waals surface area contributed by atoms with Crippen molar-refractivity contribution in [3.8, 4) is 53.9 Å². The number of thiophene rings is 2. The summed E-state index contributed by atoms with van der Waals surface area (Å²) in [7, 11) is 0. The van der Waals surface area contributed by atoms with Crippen LogP contribution in [-0.4, -0.2) is 8.75 Å². The second-order valence-electron chi connectivity index (χ2n) is 9.15. The van der Waals surface area contributed by atoms with E-state index in [9.17, 15) is 10.5 Å². The lowest BCUT2D eigenvalue weighted by Gasteiger charge is -2.12. The molecule has 4 N–H and O–H groups in total. The zero-order chi connectivity index (χ0) is 27.3. The first-order chi connectivity index (χ1) is 18.9. The Morgan fingerprint density at radius 2 is 1.03 bits per heavy atom. The highest BCUT2D eigenvalue weighted by Crippen LogP contribution is 2.49. The molecule has 0 aliphatic heterocycles. The van der Waals surface area contributed by atoms with E-state index in [1.165, 1.54) is 0 Å². The highest BCUT2D eigenvalue weighted by molar-refractivity contribution is 7.19. The van der Waals surface area contributed by atoms with Crippen molar-refractivity contribution >= 4 is 56.8 Å². The van der Waals surface area contributed by atoms with Crippen LogP contribution in [0.4, 0.5) is 11.4 Å². The minimum atomic E-state index is 0.470. The maximum Gasteiger partial charge on any atom is 0.116 e. The lowest BCUT2D eigenvalue weighted by molar-refractivity contribution is 1.40. The van der Waals surface area contributed by atoms with Crippen LogP contribution in [0.3, 0.4) is 0 Å². The molecule has 3 aromatic carbocycles. The van der Waals surface area contributed by atoms with Crippen molar-refractivity contribution in [2.24, 2.45) is 0 Å². The number of rotatable bonds is 4. The van der Waals surface area contributed by atoms with Crippen LogP contribution in [0, 0.1) is 36.5 Å². The number of nitrogens with two attached hydrogens (primary N) is 2. The van der Waals surface area contributed by atoms with Crippen molar-refractivity contribution in [2.45, 2.75) is 13.8 Å². The molecule has 3 aromatic heterocycles. The molecule has 9 heteroatoms. The number of nitriles is 2. The van der Waals surface area contributed by atoms with Gasteiger partial charge in [0.2, 0.25) is 0 Å². The highest BCUT2D eigenvalue weighted by Gasteiger charge is 2.24. The van der Waals surface area contributed by atoms with Crippen LogP contribution in [0.1, 0.15) is 22.3 Å². The van der Waals surface area contributed by atoms with Crippen molar-refractivity contribution in [2.75, 3.05) is 11.5 Å². The van der Waals surface area contributed by atoms with E-state index in [1.54, 1.807) is 22.7 Å². The molecule has 0 radical (unpaired) electrons. The molecule has 6 aromatic rings. The Morgan fingerprint density at radius 3 is 1.44 bits per heavy atom. The Balaban J connectivity index is 1.45. The van der Waals surface area contributed by atoms with Crippen LogP contribution in [0.2, 0.25) is 0 Å². The van der Waals surface area contributed by atoms with E-state index in [2.05, 4.69) is 20.9 Å². The summed E-state index contributed by atoms with van der Waals surface area (Å²) in [6.07, 6.45) is 0. The van der Waals surface area contributed by atoms with Gasteiger partial charge in [0.25, 0.3) is 0 Å². The lowest BCUT2D eigenvalue weighted by Crippen LogP contribution is -2.00. The average molecular weight is 561 g/mol. The number of nitrogen functional groups attached to an aromatic ring is 2. The van der Waals surface area contributed by atoms with Gasteiger partial charge in [0.1, 0.15) is 11.0 Å². The molecule has 0 saturated heterocycles. The molecule has 0 saturated carbocycles. The zero-order valence-electron chi connectivity index (χ0n) is 20.9. The summed E-state index contributed by atoms with van der Waals surface area (Å²) in [5, 5.41) is 18.9. The summed E-state index contributed by atoms with van der Waals surface area (Å²) in [6, 6.07) is 24.4. The van der Waals surface area contributed by atoms with E-state index in [1.807, 2.05) is 74.5 Å². The average Bonchev–Trinajstić information content (AvgIpc) is 3.72. The van der Waals surface area contributed by atoms with E-state index in [-0.39, 0.29) is 0 Å². The minimum Gasteiger partial charge on any atom is -0.396 e. The van der Waals surface area contributed by atoms with Gasteiger partial charge in [-0.2, -0.15) is 19.3 Å². The van der Waals surface area contributed by atoms with Gasteiger partial charge in [0, 0.05) is 30.6 Å². The van der Waals surface area contributed by atoms with Gasteiger partial charge in [0.15, 0.2) is 0 Å². The van der Waals surface area contributed by atoms with E-state index in [4.69, 9.17) is 11.5 Å². The lowest BCUT2D eigenvalue weighted by atomic mass is 10.0. The second kappa shape index (κ2) is 9.64. The van der Waals surface area contributed by atoms with Gasteiger partial charge < -0.3 is 11.5 Å². The molecule has 0 aliphatic rings. The third-order valence-corrected chi connectivity index (χ3v) is 9.61. The zero-order valence-corrected chi connectivity index (χ0v) is 23.4. The number of fused-ring (bicyclic) bond motifs is 1. The maximum absolute atomic E-state index is 9.45. The smallest absolute Gasteiger partial charge is 0.116 e. The predicted molar refractivity (Wildman–Crippen MR) is 163 cm³/mol. The monoisotopic (exact) mass is 560 g/mol. The molecule has 0 atom stereocenters. The second-order valence-corrected chi connectivity index (χ2v) is 11.8. The Morgan fingerprint density at radius 1 is 0.615 bits per heavy atom. The molecule has 0 spiro atoms. The van der Waals surface area contributed by atoms with E-state index in [0.717, 1.165) is 64.6 Å². The van der Waals surface area contributed by atoms with Gasteiger partial charge in [-0.1, -0.05) is 24.3 Å². The number of hydrogen-bond acceptors (Lipinski definition) is 9. The quantitative estimate of drug-likeness (QED) is 0.210. The molecule has 188 valence electrons. The summed E-state index contributed by atoms with van der Waals surface area (Å²) in [5.74, 6) is 0. The third-order valence-electron chi connectivity index (χ3n) is 6.78. The predicted octanol–water partition coefficient (Wildman–Crippen LogP) is 8.01. The SMILES string of the molecule is Cc1ccc(-c2ccc(-c3c(N)c(N)c(-c4ccc(-c5ccc(C)c(C#N)c5)s4)c4nsnc34)s2)cc1C#N. The summed E-state index contributed by atoms with van der Waals surface area (Å²) < 4.78 is 9.26. The normalized spacial score (nSPS) is 11.0. The molecule has 0 unspecified atom stereocenters. The van der Waals surface area contributed by atoms with Crippen LogP contribution in [0.25, 0.3) is 52.8 Å². The van der Waals surface area contributed by atoms with Gasteiger partial charge >= 0.3 is 0 Å². The fraction of sp³-hybridized carbons (Fsp3) is 0.0667. The molecule has 0 amide bonds. The third kappa shape index (κ3) is 4.14. The van der Waals surface area contributed by atoms with Crippen molar-refractivity contribution in [1.29, 1.82) is 10.5 Å². The number of nitrogens with zero attached hydrogens (tertiary/aromatic N) is 4. The Hall–Kier alpha value is -4.54. The number of aryl methyl sites for hydroxylation is 2. The number of benzene rings is 3. The summed E-state index contributed by atoms with van der Waals surface area (Å²) in [4.78, 5) is 3.93. The first-order valence-electron chi connectivity index (χ1n) is 12.0. The van der Waals surface area contributed by atoms with Crippen molar-refractivity contribution < 1.29 is 0 Å². The maximum atomic E-state index is 9.45. The Kier molecular flexibility index (Phi) is 6.13. The largest absolute Gasteiger partial charge is 0.396 e. The molecule has 0 fully saturated rings. The fourth-order valence-electron chi connectivity index (χ4n) is 4.59. The van der Waals surface area contributed by atoms with Gasteiger partial charge in [0.05, 0.1) is 46.4 Å². The van der Waals surface area contributed by atoms with Crippen molar-refractivity contribution in [3.63, 3.8) is 0 Å².